The van der Waals surface area contributed by atoms with Crippen molar-refractivity contribution in [1.82, 2.24) is 0 Å². The Labute approximate surface area is 244 Å². The lowest BCUT2D eigenvalue weighted by molar-refractivity contribution is 0.752. The van der Waals surface area contributed by atoms with Gasteiger partial charge in [0.2, 0.25) is 0 Å². The van der Waals surface area contributed by atoms with Crippen molar-refractivity contribution in [2.24, 2.45) is 0 Å². The molecular formula is C39H23N3. The van der Waals surface area contributed by atoms with E-state index in [1.807, 2.05) is 24.3 Å². The highest BCUT2D eigenvalue weighted by Crippen LogP contribution is 2.63. The van der Waals surface area contributed by atoms with Crippen LogP contribution >= 0.6 is 0 Å². The lowest BCUT2D eigenvalue weighted by Crippen LogP contribution is -2.36. The molecule has 1 aliphatic carbocycles. The molecule has 0 N–H and O–H groups in total. The molecule has 0 fully saturated rings. The molecule has 1 spiro atoms. The Kier molecular flexibility index (Phi) is 5.17. The third kappa shape index (κ3) is 3.20. The molecule has 3 nitrogen and oxygen atoms in total. The Hall–Kier alpha value is -5.90. The van der Waals surface area contributed by atoms with Gasteiger partial charge in [0.15, 0.2) is 0 Å². The fraction of sp³-hybridized carbons (Fsp3) is 0.0256. The SMILES string of the molecule is N#Cc1cc(C#N)cc(-c2cccc(N3c4ccccc4C4(c5ccccc5-c5ccccc54)c4ccccc43)c2)c1. The Morgan fingerprint density at radius 1 is 0.452 bits per heavy atom. The number of nitrogens with zero attached hydrogens (tertiary/aromatic N) is 3. The Morgan fingerprint density at radius 2 is 0.952 bits per heavy atom. The number of nitriles is 2. The van der Waals surface area contributed by atoms with Gasteiger partial charge in [0.05, 0.1) is 40.1 Å². The van der Waals surface area contributed by atoms with Crippen LogP contribution in [0.15, 0.2) is 140 Å². The van der Waals surface area contributed by atoms with Crippen LogP contribution in [0.3, 0.4) is 0 Å². The number of benzene rings is 6. The third-order valence-electron chi connectivity index (χ3n) is 8.68. The number of para-hydroxylation sites is 2. The minimum Gasteiger partial charge on any atom is -0.310 e. The van der Waals surface area contributed by atoms with E-state index in [1.54, 1.807) is 6.07 Å². The Balaban J connectivity index is 1.40. The van der Waals surface area contributed by atoms with Gasteiger partial charge in [0, 0.05) is 5.69 Å². The molecule has 6 aromatic rings. The van der Waals surface area contributed by atoms with Gasteiger partial charge in [-0.2, -0.15) is 10.5 Å². The summed E-state index contributed by atoms with van der Waals surface area (Å²) in [6.07, 6.45) is 0. The number of anilines is 3. The first-order valence-corrected chi connectivity index (χ1v) is 14.0. The zero-order chi connectivity index (χ0) is 28.3. The zero-order valence-electron chi connectivity index (χ0n) is 22.6. The van der Waals surface area contributed by atoms with Gasteiger partial charge in [-0.1, -0.05) is 97.1 Å². The number of fused-ring (bicyclic) bond motifs is 9. The van der Waals surface area contributed by atoms with Crippen LogP contribution in [0, 0.1) is 22.7 Å². The molecule has 3 heteroatoms. The molecule has 0 saturated carbocycles. The molecular weight excluding hydrogens is 510 g/mol. The standard InChI is InChI=1S/C39H23N3/c40-24-26-20-27(25-41)22-29(21-26)28-10-9-11-30(23-28)42-37-18-7-5-16-35(37)39(36-17-6-8-19-38(36)42)33-14-3-1-12-31(33)32-13-2-4-15-34(32)39/h1-23H. The Bertz CT molecular complexity index is 2020. The van der Waals surface area contributed by atoms with Gasteiger partial charge in [-0.15, -0.1) is 0 Å². The summed E-state index contributed by atoms with van der Waals surface area (Å²) in [6.45, 7) is 0. The molecule has 6 aromatic carbocycles. The molecule has 42 heavy (non-hydrogen) atoms. The zero-order valence-corrected chi connectivity index (χ0v) is 22.6. The maximum Gasteiger partial charge on any atom is 0.0992 e. The van der Waals surface area contributed by atoms with Crippen molar-refractivity contribution in [2.45, 2.75) is 5.41 Å². The average Bonchev–Trinajstić information content (AvgIpc) is 3.36. The first-order chi connectivity index (χ1) is 20.7. The summed E-state index contributed by atoms with van der Waals surface area (Å²) in [6, 6.07) is 53.2. The highest BCUT2D eigenvalue weighted by molar-refractivity contribution is 5.96. The van der Waals surface area contributed by atoms with E-state index in [2.05, 4.69) is 126 Å². The van der Waals surface area contributed by atoms with Crippen molar-refractivity contribution in [2.75, 3.05) is 4.90 Å². The molecule has 0 saturated heterocycles. The molecule has 0 bridgehead atoms. The van der Waals surface area contributed by atoms with Crippen molar-refractivity contribution < 1.29 is 0 Å². The first kappa shape index (κ1) is 23.9. The quantitative estimate of drug-likeness (QED) is 0.222. The first-order valence-electron chi connectivity index (χ1n) is 14.0. The lowest BCUT2D eigenvalue weighted by Gasteiger charge is -2.45. The predicted octanol–water partition coefficient (Wildman–Crippen LogP) is 9.24. The topological polar surface area (TPSA) is 50.8 Å². The van der Waals surface area contributed by atoms with Crippen LogP contribution in [-0.4, -0.2) is 0 Å². The normalized spacial score (nSPS) is 13.3. The summed E-state index contributed by atoms with van der Waals surface area (Å²) in [5.74, 6) is 0. The van der Waals surface area contributed by atoms with Crippen LogP contribution in [0.2, 0.25) is 0 Å². The van der Waals surface area contributed by atoms with Gasteiger partial charge in [-0.25, -0.2) is 0 Å². The highest BCUT2D eigenvalue weighted by atomic mass is 15.2. The van der Waals surface area contributed by atoms with Gasteiger partial charge in [-0.05, 0) is 87.0 Å². The second-order valence-electron chi connectivity index (χ2n) is 10.8. The molecule has 2 aliphatic rings. The summed E-state index contributed by atoms with van der Waals surface area (Å²) in [4.78, 5) is 2.35. The number of rotatable bonds is 2. The Morgan fingerprint density at radius 3 is 1.50 bits per heavy atom. The van der Waals surface area contributed by atoms with Crippen LogP contribution < -0.4 is 4.90 Å². The van der Waals surface area contributed by atoms with Crippen LogP contribution in [0.1, 0.15) is 33.4 Å². The molecule has 0 amide bonds. The molecule has 0 radical (unpaired) electrons. The second-order valence-corrected chi connectivity index (χ2v) is 10.8. The van der Waals surface area contributed by atoms with Crippen LogP contribution in [0.25, 0.3) is 22.3 Å². The summed E-state index contributed by atoms with van der Waals surface area (Å²) in [7, 11) is 0. The average molecular weight is 534 g/mol. The molecule has 194 valence electrons. The molecule has 0 aromatic heterocycles. The third-order valence-corrected chi connectivity index (χ3v) is 8.68. The van der Waals surface area contributed by atoms with E-state index in [4.69, 9.17) is 0 Å². The van der Waals surface area contributed by atoms with E-state index in [-0.39, 0.29) is 0 Å². The van der Waals surface area contributed by atoms with Crippen LogP contribution in [-0.2, 0) is 5.41 Å². The fourth-order valence-electron chi connectivity index (χ4n) is 7.09. The summed E-state index contributed by atoms with van der Waals surface area (Å²) >= 11 is 0. The predicted molar refractivity (Wildman–Crippen MR) is 167 cm³/mol. The van der Waals surface area contributed by atoms with Gasteiger partial charge < -0.3 is 4.90 Å². The summed E-state index contributed by atoms with van der Waals surface area (Å²) in [5.41, 5.74) is 13.2. The van der Waals surface area contributed by atoms with Crippen LogP contribution in [0.5, 0.6) is 0 Å². The monoisotopic (exact) mass is 533 g/mol. The summed E-state index contributed by atoms with van der Waals surface area (Å²) in [5, 5.41) is 19.2. The van der Waals surface area contributed by atoms with Crippen molar-refractivity contribution >= 4 is 17.1 Å². The van der Waals surface area contributed by atoms with Crippen molar-refractivity contribution in [3.63, 3.8) is 0 Å². The van der Waals surface area contributed by atoms with E-state index in [1.165, 1.54) is 33.4 Å². The minimum atomic E-state index is -0.447. The van der Waals surface area contributed by atoms with E-state index < -0.39 is 5.41 Å². The number of hydrogen-bond acceptors (Lipinski definition) is 3. The van der Waals surface area contributed by atoms with E-state index >= 15 is 0 Å². The van der Waals surface area contributed by atoms with E-state index in [9.17, 15) is 10.5 Å². The van der Waals surface area contributed by atoms with Crippen molar-refractivity contribution in [1.29, 1.82) is 10.5 Å². The fourth-order valence-corrected chi connectivity index (χ4v) is 7.09. The van der Waals surface area contributed by atoms with Gasteiger partial charge in [-0.3, -0.25) is 0 Å². The maximum atomic E-state index is 9.58. The molecule has 0 atom stereocenters. The van der Waals surface area contributed by atoms with Crippen LogP contribution in [0.4, 0.5) is 17.1 Å². The molecule has 8 rings (SSSR count). The largest absolute Gasteiger partial charge is 0.310 e. The molecule has 1 heterocycles. The van der Waals surface area contributed by atoms with Crippen molar-refractivity contribution in [3.8, 4) is 34.4 Å². The number of hydrogen-bond donors (Lipinski definition) is 0. The van der Waals surface area contributed by atoms with Crippen molar-refractivity contribution in [3.05, 3.63) is 173 Å². The van der Waals surface area contributed by atoms with Gasteiger partial charge in [0.25, 0.3) is 0 Å². The maximum absolute atomic E-state index is 9.58. The van der Waals surface area contributed by atoms with E-state index in [0.717, 1.165) is 28.2 Å². The smallest absolute Gasteiger partial charge is 0.0992 e. The molecule has 0 unspecified atom stereocenters. The minimum absolute atomic E-state index is 0.447. The summed E-state index contributed by atoms with van der Waals surface area (Å²) < 4.78 is 0. The molecule has 1 aliphatic heterocycles. The van der Waals surface area contributed by atoms with Gasteiger partial charge in [0.1, 0.15) is 0 Å². The van der Waals surface area contributed by atoms with Gasteiger partial charge >= 0.3 is 0 Å². The van der Waals surface area contributed by atoms with E-state index in [0.29, 0.717) is 11.1 Å². The highest BCUT2D eigenvalue weighted by Gasteiger charge is 2.51. The second kappa shape index (κ2) is 9.07. The lowest BCUT2D eigenvalue weighted by atomic mass is 9.64.